The summed E-state index contributed by atoms with van der Waals surface area (Å²) in [7, 11) is 6.76. The van der Waals surface area contributed by atoms with Crippen LogP contribution in [0.5, 0.6) is 23.0 Å². The van der Waals surface area contributed by atoms with Crippen LogP contribution in [0.15, 0.2) is 24.3 Å². The largest absolute Gasteiger partial charge is 0.493 e. The van der Waals surface area contributed by atoms with Crippen molar-refractivity contribution in [1.29, 1.82) is 0 Å². The van der Waals surface area contributed by atoms with Gasteiger partial charge < -0.3 is 24.1 Å². The fourth-order valence-electron chi connectivity index (χ4n) is 8.21. The monoisotopic (exact) mass is 580 g/mol. The van der Waals surface area contributed by atoms with E-state index in [4.69, 9.17) is 18.9 Å². The second-order valence-electron chi connectivity index (χ2n) is 12.0. The lowest BCUT2D eigenvalue weighted by Gasteiger charge is -2.59. The minimum absolute atomic E-state index is 0.0314. The number of unbranched alkanes of at least 4 members (excludes halogenated alkanes) is 1. The SMILES string of the molecule is CCCCN1CCc2cc(OC)c(OC)cc2C12CCC(C(=O)O)CC2C1c2cc(OC)c(OC)cc2CCN1CC. The number of rotatable bonds is 10. The third-order valence-electron chi connectivity index (χ3n) is 10.3. The molecule has 4 unspecified atom stereocenters. The molecule has 1 spiro atoms. The molecule has 8 heteroatoms. The fraction of sp³-hybridized carbons (Fsp3) is 0.618. The maximum absolute atomic E-state index is 12.6. The molecule has 0 saturated heterocycles. The first-order valence-corrected chi connectivity index (χ1v) is 15.6. The van der Waals surface area contributed by atoms with Crippen molar-refractivity contribution in [3.63, 3.8) is 0 Å². The number of fused-ring (bicyclic) bond motifs is 3. The van der Waals surface area contributed by atoms with Gasteiger partial charge in [-0.3, -0.25) is 14.6 Å². The highest BCUT2D eigenvalue weighted by atomic mass is 16.5. The van der Waals surface area contributed by atoms with Crippen LogP contribution in [0.1, 0.15) is 74.2 Å². The zero-order valence-electron chi connectivity index (χ0n) is 26.2. The summed E-state index contributed by atoms with van der Waals surface area (Å²) in [6, 6.07) is 8.69. The van der Waals surface area contributed by atoms with Gasteiger partial charge in [-0.25, -0.2) is 0 Å². The lowest BCUT2D eigenvalue weighted by Crippen LogP contribution is -2.61. The van der Waals surface area contributed by atoms with Crippen molar-refractivity contribution >= 4 is 5.97 Å². The molecule has 2 aromatic rings. The van der Waals surface area contributed by atoms with Gasteiger partial charge in [0.25, 0.3) is 0 Å². The molecule has 0 radical (unpaired) electrons. The van der Waals surface area contributed by atoms with Gasteiger partial charge in [0.05, 0.1) is 39.9 Å². The van der Waals surface area contributed by atoms with Gasteiger partial charge in [-0.15, -0.1) is 0 Å². The van der Waals surface area contributed by atoms with Crippen LogP contribution in [0.4, 0.5) is 0 Å². The number of carbonyl (C=O) groups is 1. The van der Waals surface area contributed by atoms with Crippen LogP contribution in [0.25, 0.3) is 0 Å². The maximum Gasteiger partial charge on any atom is 0.306 e. The first kappa shape index (κ1) is 30.5. The van der Waals surface area contributed by atoms with E-state index in [-0.39, 0.29) is 23.4 Å². The topological polar surface area (TPSA) is 80.7 Å². The van der Waals surface area contributed by atoms with E-state index < -0.39 is 5.97 Å². The molecule has 2 heterocycles. The van der Waals surface area contributed by atoms with Crippen LogP contribution >= 0.6 is 0 Å². The summed E-state index contributed by atoms with van der Waals surface area (Å²) in [4.78, 5) is 17.9. The molecule has 4 atom stereocenters. The highest BCUT2D eigenvalue weighted by molar-refractivity contribution is 5.70. The fourth-order valence-corrected chi connectivity index (χ4v) is 8.21. The van der Waals surface area contributed by atoms with Crippen molar-refractivity contribution < 1.29 is 28.8 Å². The minimum atomic E-state index is -0.690. The Morgan fingerprint density at radius 1 is 0.905 bits per heavy atom. The molecule has 0 bridgehead atoms. The Morgan fingerprint density at radius 2 is 1.52 bits per heavy atom. The smallest absolute Gasteiger partial charge is 0.306 e. The third-order valence-corrected chi connectivity index (χ3v) is 10.3. The summed E-state index contributed by atoms with van der Waals surface area (Å²) in [5.74, 6) is 1.91. The number of likely N-dealkylation sites (N-methyl/N-ethyl adjacent to an activating group) is 1. The van der Waals surface area contributed by atoms with E-state index in [9.17, 15) is 9.90 Å². The van der Waals surface area contributed by atoms with Crippen LogP contribution in [0.2, 0.25) is 0 Å². The van der Waals surface area contributed by atoms with Gasteiger partial charge >= 0.3 is 5.97 Å². The number of hydrogen-bond acceptors (Lipinski definition) is 7. The molecule has 2 aromatic carbocycles. The highest BCUT2D eigenvalue weighted by Gasteiger charge is 2.56. The van der Waals surface area contributed by atoms with Crippen molar-refractivity contribution in [2.24, 2.45) is 11.8 Å². The molecule has 3 aliphatic rings. The lowest BCUT2D eigenvalue weighted by atomic mass is 9.58. The number of ether oxygens (including phenoxy) is 4. The maximum atomic E-state index is 12.6. The molecule has 0 amide bonds. The molecule has 1 N–H and O–H groups in total. The first-order valence-electron chi connectivity index (χ1n) is 15.6. The van der Waals surface area contributed by atoms with Gasteiger partial charge in [-0.1, -0.05) is 20.3 Å². The molecule has 2 aliphatic heterocycles. The molecule has 5 rings (SSSR count). The summed E-state index contributed by atoms with van der Waals surface area (Å²) in [6.45, 7) is 8.19. The molecular formula is C34H48N2O6. The van der Waals surface area contributed by atoms with E-state index >= 15 is 0 Å². The van der Waals surface area contributed by atoms with Crippen molar-refractivity contribution in [3.05, 3.63) is 46.5 Å². The minimum Gasteiger partial charge on any atom is -0.493 e. The predicted molar refractivity (Wildman–Crippen MR) is 163 cm³/mol. The standard InChI is InChI=1S/C34H48N2O6/c1-7-9-14-36-16-12-23-19-29(40-4)31(42-6)21-26(23)34(36)13-10-24(33(37)38)17-27(34)32-25-20-30(41-5)28(39-3)18-22(25)11-15-35(32)8-2/h18-21,24,27,32H,7-17H2,1-6H3,(H,37,38). The Labute approximate surface area is 250 Å². The summed E-state index contributed by atoms with van der Waals surface area (Å²) < 4.78 is 23.1. The summed E-state index contributed by atoms with van der Waals surface area (Å²) >= 11 is 0. The van der Waals surface area contributed by atoms with Gasteiger partial charge in [0.2, 0.25) is 0 Å². The predicted octanol–water partition coefficient (Wildman–Crippen LogP) is 5.69. The second kappa shape index (κ2) is 12.7. The van der Waals surface area contributed by atoms with Gasteiger partial charge in [-0.2, -0.15) is 0 Å². The number of nitrogens with zero attached hydrogens (tertiary/aromatic N) is 2. The number of hydrogen-bond donors (Lipinski definition) is 1. The van der Waals surface area contributed by atoms with Gasteiger partial charge in [0.1, 0.15) is 0 Å². The Balaban J connectivity index is 1.77. The lowest BCUT2D eigenvalue weighted by molar-refractivity contribution is -0.148. The normalized spacial score (nSPS) is 25.9. The third kappa shape index (κ3) is 5.11. The van der Waals surface area contributed by atoms with E-state index in [0.29, 0.717) is 12.8 Å². The van der Waals surface area contributed by atoms with Crippen molar-refractivity contribution in [2.75, 3.05) is 54.6 Å². The average Bonchev–Trinajstić information content (AvgIpc) is 3.02. The molecule has 1 aliphatic carbocycles. The second-order valence-corrected chi connectivity index (χ2v) is 12.0. The molecule has 8 nitrogen and oxygen atoms in total. The Bertz CT molecular complexity index is 1280. The molecule has 0 aromatic heterocycles. The van der Waals surface area contributed by atoms with Crippen LogP contribution in [0, 0.1) is 11.8 Å². The molecule has 1 saturated carbocycles. The summed E-state index contributed by atoms with van der Waals surface area (Å²) in [5.41, 5.74) is 4.72. The summed E-state index contributed by atoms with van der Waals surface area (Å²) in [5, 5.41) is 10.4. The molecule has 42 heavy (non-hydrogen) atoms. The Kier molecular flexibility index (Phi) is 9.23. The van der Waals surface area contributed by atoms with E-state index in [1.165, 1.54) is 22.3 Å². The first-order chi connectivity index (χ1) is 20.4. The van der Waals surface area contributed by atoms with Crippen LogP contribution in [-0.2, 0) is 23.2 Å². The van der Waals surface area contributed by atoms with E-state index in [1.54, 1.807) is 28.4 Å². The van der Waals surface area contributed by atoms with Crippen molar-refractivity contribution in [2.45, 2.75) is 70.4 Å². The van der Waals surface area contributed by atoms with Gasteiger partial charge in [0.15, 0.2) is 23.0 Å². The van der Waals surface area contributed by atoms with Gasteiger partial charge in [0, 0.05) is 25.0 Å². The molecular weight excluding hydrogens is 532 g/mol. The molecule has 1 fully saturated rings. The quantitative estimate of drug-likeness (QED) is 0.384. The van der Waals surface area contributed by atoms with Crippen LogP contribution < -0.4 is 18.9 Å². The zero-order chi connectivity index (χ0) is 30.0. The summed E-state index contributed by atoms with van der Waals surface area (Å²) in [6.07, 6.45) is 6.11. The van der Waals surface area contributed by atoms with Gasteiger partial charge in [-0.05, 0) is 98.1 Å². The van der Waals surface area contributed by atoms with Crippen molar-refractivity contribution in [3.8, 4) is 23.0 Å². The number of aliphatic carboxylic acids is 1. The van der Waals surface area contributed by atoms with E-state index in [2.05, 4.69) is 47.9 Å². The average molecular weight is 581 g/mol. The number of benzene rings is 2. The van der Waals surface area contributed by atoms with Crippen LogP contribution in [-0.4, -0.2) is 75.5 Å². The van der Waals surface area contributed by atoms with Crippen molar-refractivity contribution in [1.82, 2.24) is 9.80 Å². The Morgan fingerprint density at radius 3 is 2.14 bits per heavy atom. The number of methoxy groups -OCH3 is 4. The van der Waals surface area contributed by atoms with Crippen LogP contribution in [0.3, 0.4) is 0 Å². The van der Waals surface area contributed by atoms with E-state index in [0.717, 1.165) is 81.3 Å². The Hall–Kier alpha value is -2.97. The highest BCUT2D eigenvalue weighted by Crippen LogP contribution is 2.58. The molecule has 230 valence electrons. The number of carboxylic acids is 1. The van der Waals surface area contributed by atoms with E-state index in [1.807, 2.05) is 0 Å². The number of carboxylic acid groups (broad SMARTS) is 1. The zero-order valence-corrected chi connectivity index (χ0v) is 26.2.